The molecule has 0 fully saturated rings. The summed E-state index contributed by atoms with van der Waals surface area (Å²) in [4.78, 5) is 49.2. The molecule has 0 saturated carbocycles. The first-order chi connectivity index (χ1) is 15.4. The van der Waals surface area contributed by atoms with Gasteiger partial charge in [-0.05, 0) is 48.7 Å². The third-order valence-corrected chi connectivity index (χ3v) is 5.79. The summed E-state index contributed by atoms with van der Waals surface area (Å²) in [6.07, 6.45) is 2.66. The van der Waals surface area contributed by atoms with Crippen molar-refractivity contribution in [1.82, 2.24) is 0 Å². The van der Waals surface area contributed by atoms with Gasteiger partial charge >= 0.3 is 5.97 Å². The number of aryl methyl sites for hydroxylation is 1. The third-order valence-electron chi connectivity index (χ3n) is 4.81. The summed E-state index contributed by atoms with van der Waals surface area (Å²) >= 11 is 1.01. The lowest BCUT2D eigenvalue weighted by molar-refractivity contribution is -0.384. The summed E-state index contributed by atoms with van der Waals surface area (Å²) < 4.78 is 10.2. The summed E-state index contributed by atoms with van der Waals surface area (Å²) in [6, 6.07) is 10.5. The number of rotatable bonds is 6. The molecule has 2 amide bonds. The largest absolute Gasteiger partial charge is 0.459 e. The molecule has 4 rings (SSSR count). The van der Waals surface area contributed by atoms with Crippen LogP contribution in [-0.4, -0.2) is 35.9 Å². The molecule has 0 saturated heterocycles. The number of carbonyl (C=O) groups excluding carboxylic acids is 3. The number of fused-ring (bicyclic) bond motifs is 1. The van der Waals surface area contributed by atoms with Crippen LogP contribution in [0.25, 0.3) is 0 Å². The second kappa shape index (κ2) is 9.02. The number of carbonyl (C=O) groups is 3. The lowest BCUT2D eigenvalue weighted by Gasteiger charge is -2.29. The molecule has 3 aromatic rings. The van der Waals surface area contributed by atoms with Gasteiger partial charge in [0.05, 0.1) is 16.2 Å². The average Bonchev–Trinajstić information content (AvgIpc) is 3.49. The van der Waals surface area contributed by atoms with Crippen LogP contribution in [0.5, 0.6) is 0 Å². The zero-order valence-electron chi connectivity index (χ0n) is 16.6. The highest BCUT2D eigenvalue weighted by Gasteiger charge is 2.25. The number of ether oxygens (including phenoxy) is 1. The first kappa shape index (κ1) is 21.2. The second-order valence-electron chi connectivity index (χ2n) is 6.89. The fourth-order valence-electron chi connectivity index (χ4n) is 3.33. The Morgan fingerprint density at radius 2 is 2.06 bits per heavy atom. The van der Waals surface area contributed by atoms with Crippen molar-refractivity contribution < 1.29 is 28.5 Å². The topological polar surface area (TPSA) is 132 Å². The van der Waals surface area contributed by atoms with Gasteiger partial charge in [0.1, 0.15) is 4.88 Å². The Morgan fingerprint density at radius 1 is 1.22 bits per heavy atom. The van der Waals surface area contributed by atoms with Crippen LogP contribution in [0.1, 0.15) is 32.2 Å². The molecule has 32 heavy (non-hydrogen) atoms. The van der Waals surface area contributed by atoms with E-state index >= 15 is 0 Å². The fraction of sp³-hybridized carbons (Fsp3) is 0.190. The van der Waals surface area contributed by atoms with Gasteiger partial charge in [0.2, 0.25) is 0 Å². The zero-order chi connectivity index (χ0) is 22.7. The molecule has 3 heterocycles. The van der Waals surface area contributed by atoms with E-state index < -0.39 is 29.3 Å². The summed E-state index contributed by atoms with van der Waals surface area (Å²) in [5.74, 6) is -1.42. The Bertz CT molecular complexity index is 1190. The molecule has 1 aromatic carbocycles. The van der Waals surface area contributed by atoms with Gasteiger partial charge in [-0.2, -0.15) is 0 Å². The number of nitro groups is 1. The maximum atomic E-state index is 12.6. The number of amides is 2. The predicted octanol–water partition coefficient (Wildman–Crippen LogP) is 3.64. The number of esters is 1. The van der Waals surface area contributed by atoms with E-state index in [9.17, 15) is 24.5 Å². The number of anilines is 2. The molecule has 1 aliphatic heterocycles. The summed E-state index contributed by atoms with van der Waals surface area (Å²) in [6.45, 7) is -0.0373. The maximum Gasteiger partial charge on any atom is 0.348 e. The number of hydrogen-bond donors (Lipinski definition) is 1. The maximum absolute atomic E-state index is 12.6. The standard InChI is InChI=1S/C21H17N3O7S/c25-19(23-9-1-3-13-11-14(24(28)29)5-6-15(13)23)12-31-21(27)17-7-8-18(32-17)22-20(26)16-4-2-10-30-16/h2,4-8,10-11H,1,3,9,12H2,(H,22,26). The highest BCUT2D eigenvalue weighted by atomic mass is 32.1. The SMILES string of the molecule is O=C(Nc1ccc(C(=O)OCC(=O)N2CCCc3cc([N+](=O)[O-])ccc32)s1)c1ccco1. The minimum atomic E-state index is -0.692. The first-order valence-electron chi connectivity index (χ1n) is 9.62. The van der Waals surface area contributed by atoms with Gasteiger partial charge in [0, 0.05) is 24.4 Å². The van der Waals surface area contributed by atoms with Crippen LogP contribution in [0.2, 0.25) is 0 Å². The number of nitrogens with one attached hydrogen (secondary N) is 1. The van der Waals surface area contributed by atoms with Crippen molar-refractivity contribution >= 4 is 45.5 Å². The van der Waals surface area contributed by atoms with Gasteiger partial charge in [-0.25, -0.2) is 4.79 Å². The minimum Gasteiger partial charge on any atom is -0.459 e. The van der Waals surface area contributed by atoms with E-state index in [-0.39, 0.29) is 16.3 Å². The van der Waals surface area contributed by atoms with Crippen LogP contribution in [0, 0.1) is 10.1 Å². The van der Waals surface area contributed by atoms with Gasteiger partial charge in [0.25, 0.3) is 17.5 Å². The number of thiophene rings is 1. The highest BCUT2D eigenvalue weighted by Crippen LogP contribution is 2.30. The Balaban J connectivity index is 1.36. The highest BCUT2D eigenvalue weighted by molar-refractivity contribution is 7.18. The molecule has 0 unspecified atom stereocenters. The van der Waals surface area contributed by atoms with E-state index in [0.29, 0.717) is 35.6 Å². The van der Waals surface area contributed by atoms with Gasteiger partial charge in [0.15, 0.2) is 12.4 Å². The van der Waals surface area contributed by atoms with E-state index in [0.717, 1.165) is 11.3 Å². The minimum absolute atomic E-state index is 0.0304. The number of nitrogens with zero attached hydrogens (tertiary/aromatic N) is 2. The third kappa shape index (κ3) is 4.52. The smallest absolute Gasteiger partial charge is 0.348 e. The number of benzene rings is 1. The molecule has 1 N–H and O–H groups in total. The Labute approximate surface area is 185 Å². The number of non-ortho nitro benzene ring substituents is 1. The first-order valence-corrected chi connectivity index (χ1v) is 10.4. The van der Waals surface area contributed by atoms with Crippen LogP contribution < -0.4 is 10.2 Å². The van der Waals surface area contributed by atoms with Crippen LogP contribution in [0.15, 0.2) is 53.1 Å². The number of hydrogen-bond acceptors (Lipinski definition) is 8. The van der Waals surface area contributed by atoms with Crippen molar-refractivity contribution in [2.45, 2.75) is 12.8 Å². The van der Waals surface area contributed by atoms with E-state index in [1.165, 1.54) is 35.4 Å². The van der Waals surface area contributed by atoms with Crippen LogP contribution in [0.3, 0.4) is 0 Å². The van der Waals surface area contributed by atoms with Crippen molar-refractivity contribution in [3.05, 3.63) is 75.0 Å². The second-order valence-corrected chi connectivity index (χ2v) is 7.97. The molecule has 11 heteroatoms. The Hall–Kier alpha value is -3.99. The van der Waals surface area contributed by atoms with Crippen LogP contribution in [0.4, 0.5) is 16.4 Å². The monoisotopic (exact) mass is 455 g/mol. The quantitative estimate of drug-likeness (QED) is 0.341. The van der Waals surface area contributed by atoms with Gasteiger partial charge in [-0.3, -0.25) is 19.7 Å². The van der Waals surface area contributed by atoms with Crippen molar-refractivity contribution in [2.24, 2.45) is 0 Å². The summed E-state index contributed by atoms with van der Waals surface area (Å²) in [5.41, 5.74) is 1.26. The Kier molecular flexibility index (Phi) is 5.99. The van der Waals surface area contributed by atoms with E-state index in [2.05, 4.69) is 5.32 Å². The molecule has 164 valence electrons. The lowest BCUT2D eigenvalue weighted by atomic mass is 10.0. The molecular weight excluding hydrogens is 438 g/mol. The van der Waals surface area contributed by atoms with E-state index in [4.69, 9.17) is 9.15 Å². The van der Waals surface area contributed by atoms with Crippen molar-refractivity contribution in [1.29, 1.82) is 0 Å². The van der Waals surface area contributed by atoms with E-state index in [1.807, 2.05) is 0 Å². The van der Waals surface area contributed by atoms with Gasteiger partial charge < -0.3 is 19.4 Å². The van der Waals surface area contributed by atoms with Crippen molar-refractivity contribution in [3.8, 4) is 0 Å². The molecule has 1 aliphatic rings. The fourth-order valence-corrected chi connectivity index (χ4v) is 4.12. The molecule has 0 spiro atoms. The normalized spacial score (nSPS) is 12.7. The molecule has 0 radical (unpaired) electrons. The van der Waals surface area contributed by atoms with Crippen LogP contribution in [-0.2, 0) is 16.0 Å². The summed E-state index contributed by atoms with van der Waals surface area (Å²) in [7, 11) is 0. The lowest BCUT2D eigenvalue weighted by Crippen LogP contribution is -2.38. The predicted molar refractivity (Wildman–Crippen MR) is 115 cm³/mol. The summed E-state index contributed by atoms with van der Waals surface area (Å²) in [5, 5.41) is 14.0. The molecule has 0 aliphatic carbocycles. The zero-order valence-corrected chi connectivity index (χ0v) is 17.4. The molecular formula is C21H17N3O7S. The number of nitro benzene ring substituents is 1. The van der Waals surface area contributed by atoms with Crippen molar-refractivity contribution in [3.63, 3.8) is 0 Å². The number of furan rings is 1. The molecule has 0 atom stereocenters. The Morgan fingerprint density at radius 3 is 2.81 bits per heavy atom. The van der Waals surface area contributed by atoms with Gasteiger partial charge in [-0.15, -0.1) is 11.3 Å². The molecule has 2 aromatic heterocycles. The molecule has 0 bridgehead atoms. The molecule has 10 nitrogen and oxygen atoms in total. The van der Waals surface area contributed by atoms with Crippen LogP contribution >= 0.6 is 11.3 Å². The average molecular weight is 455 g/mol. The van der Waals surface area contributed by atoms with Gasteiger partial charge in [-0.1, -0.05) is 0 Å². The van der Waals surface area contributed by atoms with Crippen molar-refractivity contribution in [2.75, 3.05) is 23.4 Å². The van der Waals surface area contributed by atoms with E-state index in [1.54, 1.807) is 18.2 Å².